The number of hydrogen-bond acceptors (Lipinski definition) is 3. The molecule has 5 heteroatoms. The summed E-state index contributed by atoms with van der Waals surface area (Å²) in [5, 5.41) is 11.6. The number of hydroxylamine groups is 1. The zero-order valence-electron chi connectivity index (χ0n) is 14.2. The summed E-state index contributed by atoms with van der Waals surface area (Å²) in [5.74, 6) is -0.729. The molecule has 26 heavy (non-hydrogen) atoms. The molecule has 2 amide bonds. The number of rotatable bonds is 4. The second kappa shape index (κ2) is 7.63. The van der Waals surface area contributed by atoms with Crippen LogP contribution in [0, 0.1) is 6.92 Å². The maximum atomic E-state index is 12.3. The van der Waals surface area contributed by atoms with Gasteiger partial charge < -0.3 is 5.32 Å². The summed E-state index contributed by atoms with van der Waals surface area (Å²) in [4.78, 5) is 23.7. The highest BCUT2D eigenvalue weighted by molar-refractivity contribution is 6.04. The van der Waals surface area contributed by atoms with Crippen LogP contribution in [-0.2, 0) is 0 Å². The SMILES string of the molecule is Cc1ccc(C(=O)Nc2cccc(-c3ccc(C(=O)NO)cc3)c2)cc1. The molecule has 0 bridgehead atoms. The lowest BCUT2D eigenvalue weighted by Gasteiger charge is -2.09. The third-order valence-corrected chi connectivity index (χ3v) is 4.02. The number of benzene rings is 3. The molecule has 5 nitrogen and oxygen atoms in total. The van der Waals surface area contributed by atoms with Crippen molar-refractivity contribution < 1.29 is 14.8 Å². The van der Waals surface area contributed by atoms with Crippen LogP contribution in [0.25, 0.3) is 11.1 Å². The predicted octanol–water partition coefficient (Wildman–Crippen LogP) is 4.03. The fourth-order valence-electron chi connectivity index (χ4n) is 2.56. The molecule has 0 spiro atoms. The van der Waals surface area contributed by atoms with Gasteiger partial charge in [-0.05, 0) is 54.4 Å². The van der Waals surface area contributed by atoms with Crippen molar-refractivity contribution in [2.45, 2.75) is 6.92 Å². The van der Waals surface area contributed by atoms with Gasteiger partial charge in [0.25, 0.3) is 11.8 Å². The topological polar surface area (TPSA) is 78.4 Å². The molecule has 3 aromatic rings. The van der Waals surface area contributed by atoms with E-state index in [-0.39, 0.29) is 5.91 Å². The molecule has 0 atom stereocenters. The van der Waals surface area contributed by atoms with Crippen LogP contribution in [0.15, 0.2) is 72.8 Å². The molecule has 0 radical (unpaired) electrons. The molecular weight excluding hydrogens is 328 g/mol. The van der Waals surface area contributed by atoms with Gasteiger partial charge in [-0.3, -0.25) is 14.8 Å². The molecule has 0 aromatic heterocycles. The highest BCUT2D eigenvalue weighted by Crippen LogP contribution is 2.23. The number of carbonyl (C=O) groups is 2. The van der Waals surface area contributed by atoms with Crippen LogP contribution in [0.5, 0.6) is 0 Å². The summed E-state index contributed by atoms with van der Waals surface area (Å²) >= 11 is 0. The average molecular weight is 346 g/mol. The Morgan fingerprint density at radius 2 is 1.38 bits per heavy atom. The lowest BCUT2D eigenvalue weighted by atomic mass is 10.0. The summed E-state index contributed by atoms with van der Waals surface area (Å²) in [5.41, 5.74) is 6.15. The van der Waals surface area contributed by atoms with Gasteiger partial charge in [-0.2, -0.15) is 0 Å². The van der Waals surface area contributed by atoms with Gasteiger partial charge in [-0.1, -0.05) is 42.0 Å². The van der Waals surface area contributed by atoms with Crippen molar-refractivity contribution in [2.75, 3.05) is 5.32 Å². The van der Waals surface area contributed by atoms with Gasteiger partial charge in [-0.25, -0.2) is 5.48 Å². The highest BCUT2D eigenvalue weighted by Gasteiger charge is 2.08. The molecule has 0 saturated heterocycles. The molecule has 0 aliphatic heterocycles. The number of hydrogen-bond donors (Lipinski definition) is 3. The Labute approximate surface area is 151 Å². The molecular formula is C21H18N2O3. The Morgan fingerprint density at radius 1 is 0.769 bits per heavy atom. The maximum Gasteiger partial charge on any atom is 0.274 e. The van der Waals surface area contributed by atoms with E-state index >= 15 is 0 Å². The van der Waals surface area contributed by atoms with Gasteiger partial charge >= 0.3 is 0 Å². The summed E-state index contributed by atoms with van der Waals surface area (Å²) in [7, 11) is 0. The first-order chi connectivity index (χ1) is 12.6. The molecule has 0 unspecified atom stereocenters. The number of nitrogens with one attached hydrogen (secondary N) is 2. The number of anilines is 1. The first-order valence-corrected chi connectivity index (χ1v) is 8.10. The summed E-state index contributed by atoms with van der Waals surface area (Å²) in [6.45, 7) is 1.97. The Hall–Kier alpha value is -3.44. The zero-order valence-corrected chi connectivity index (χ0v) is 14.2. The van der Waals surface area contributed by atoms with Crippen LogP contribution in [0.2, 0.25) is 0 Å². The average Bonchev–Trinajstić information content (AvgIpc) is 2.68. The molecule has 0 fully saturated rings. The summed E-state index contributed by atoms with van der Waals surface area (Å²) in [6.07, 6.45) is 0. The quantitative estimate of drug-likeness (QED) is 0.493. The van der Waals surface area contributed by atoms with E-state index in [2.05, 4.69) is 5.32 Å². The van der Waals surface area contributed by atoms with Crippen LogP contribution in [0.3, 0.4) is 0 Å². The first-order valence-electron chi connectivity index (χ1n) is 8.10. The molecule has 0 heterocycles. The second-order valence-electron chi connectivity index (χ2n) is 5.92. The van der Waals surface area contributed by atoms with Crippen LogP contribution in [0.4, 0.5) is 5.69 Å². The molecule has 0 aliphatic rings. The first kappa shape index (κ1) is 17.4. The largest absolute Gasteiger partial charge is 0.322 e. The van der Waals surface area contributed by atoms with Crippen LogP contribution < -0.4 is 10.8 Å². The van der Waals surface area contributed by atoms with Crippen molar-refractivity contribution >= 4 is 17.5 Å². The van der Waals surface area contributed by atoms with Crippen molar-refractivity contribution in [1.29, 1.82) is 0 Å². The smallest absolute Gasteiger partial charge is 0.274 e. The number of aryl methyl sites for hydroxylation is 1. The van der Waals surface area contributed by atoms with Crippen LogP contribution in [0.1, 0.15) is 26.3 Å². The predicted molar refractivity (Wildman–Crippen MR) is 100 cm³/mol. The highest BCUT2D eigenvalue weighted by atomic mass is 16.5. The Balaban J connectivity index is 1.78. The van der Waals surface area contributed by atoms with E-state index < -0.39 is 5.91 Å². The van der Waals surface area contributed by atoms with Crippen molar-refractivity contribution in [3.05, 3.63) is 89.5 Å². The van der Waals surface area contributed by atoms with E-state index in [1.54, 1.807) is 41.9 Å². The van der Waals surface area contributed by atoms with Crippen LogP contribution in [-0.4, -0.2) is 17.0 Å². The Bertz CT molecular complexity index is 932. The van der Waals surface area contributed by atoms with E-state index in [4.69, 9.17) is 5.21 Å². The number of amides is 2. The van der Waals surface area contributed by atoms with Crippen molar-refractivity contribution in [3.63, 3.8) is 0 Å². The summed E-state index contributed by atoms with van der Waals surface area (Å²) < 4.78 is 0. The lowest BCUT2D eigenvalue weighted by Crippen LogP contribution is -2.18. The van der Waals surface area contributed by atoms with Gasteiger partial charge in [0.15, 0.2) is 0 Å². The molecule has 0 aliphatic carbocycles. The van der Waals surface area contributed by atoms with Gasteiger partial charge in [-0.15, -0.1) is 0 Å². The van der Waals surface area contributed by atoms with Gasteiger partial charge in [0.1, 0.15) is 0 Å². The minimum Gasteiger partial charge on any atom is -0.322 e. The molecule has 3 rings (SSSR count). The number of carbonyl (C=O) groups excluding carboxylic acids is 2. The van der Waals surface area contributed by atoms with Crippen molar-refractivity contribution in [1.82, 2.24) is 5.48 Å². The third-order valence-electron chi connectivity index (χ3n) is 4.02. The van der Waals surface area contributed by atoms with E-state index in [1.807, 2.05) is 43.3 Å². The van der Waals surface area contributed by atoms with Gasteiger partial charge in [0, 0.05) is 16.8 Å². The molecule has 3 aromatic carbocycles. The van der Waals surface area contributed by atoms with Gasteiger partial charge in [0.05, 0.1) is 0 Å². The maximum absolute atomic E-state index is 12.3. The molecule has 3 N–H and O–H groups in total. The van der Waals surface area contributed by atoms with E-state index in [0.29, 0.717) is 16.8 Å². The monoisotopic (exact) mass is 346 g/mol. The van der Waals surface area contributed by atoms with E-state index in [1.165, 1.54) is 0 Å². The molecule has 0 saturated carbocycles. The lowest BCUT2D eigenvalue weighted by molar-refractivity contribution is 0.0706. The fourth-order valence-corrected chi connectivity index (χ4v) is 2.56. The van der Waals surface area contributed by atoms with Crippen molar-refractivity contribution in [2.24, 2.45) is 0 Å². The van der Waals surface area contributed by atoms with Crippen molar-refractivity contribution in [3.8, 4) is 11.1 Å². The normalized spacial score (nSPS) is 10.2. The second-order valence-corrected chi connectivity index (χ2v) is 5.92. The van der Waals surface area contributed by atoms with E-state index in [9.17, 15) is 9.59 Å². The summed E-state index contributed by atoms with van der Waals surface area (Å²) in [6, 6.07) is 21.7. The minimum atomic E-state index is -0.560. The fraction of sp³-hybridized carbons (Fsp3) is 0.0476. The standard InChI is InChI=1S/C21H18N2O3/c1-14-5-7-16(8-6-14)20(24)22-19-4-2-3-18(13-19)15-9-11-17(12-10-15)21(25)23-26/h2-13,26H,1H3,(H,22,24)(H,23,25). The third kappa shape index (κ3) is 3.96. The minimum absolute atomic E-state index is 0.169. The van der Waals surface area contributed by atoms with Crippen LogP contribution >= 0.6 is 0 Å². The molecule has 130 valence electrons. The Kier molecular flexibility index (Phi) is 5.10. The van der Waals surface area contributed by atoms with Gasteiger partial charge in [0.2, 0.25) is 0 Å². The zero-order chi connectivity index (χ0) is 18.5. The Morgan fingerprint density at radius 3 is 2.04 bits per heavy atom. The van der Waals surface area contributed by atoms with E-state index in [0.717, 1.165) is 16.7 Å².